The Labute approximate surface area is 114 Å². The van der Waals surface area contributed by atoms with Crippen LogP contribution in [0, 0.1) is 5.92 Å². The zero-order valence-electron chi connectivity index (χ0n) is 11.0. The summed E-state index contributed by atoms with van der Waals surface area (Å²) >= 11 is 0. The Morgan fingerprint density at radius 2 is 2.00 bits per heavy atom. The Kier molecular flexibility index (Phi) is 4.57. The molecule has 19 heavy (non-hydrogen) atoms. The Bertz CT molecular complexity index is 504. The maximum Gasteiger partial charge on any atom is 0.264 e. The minimum atomic E-state index is -3.43. The van der Waals surface area contributed by atoms with Crippen LogP contribution >= 0.6 is 0 Å². The number of hydrogen-bond donors (Lipinski definition) is 1. The molecule has 0 bridgehead atoms. The van der Waals surface area contributed by atoms with Gasteiger partial charge in [-0.15, -0.1) is 0 Å². The molecule has 1 aliphatic rings. The normalized spacial score (nSPS) is 24.7. The SMILES string of the molecule is CS(=O)(=O)O[C@@H]1CN(Cc2ccccc2)CC1CN. The smallest absolute Gasteiger partial charge is 0.264 e. The third-order valence-corrected chi connectivity index (χ3v) is 3.90. The summed E-state index contributed by atoms with van der Waals surface area (Å²) in [5, 5.41) is 0. The monoisotopic (exact) mass is 284 g/mol. The van der Waals surface area contributed by atoms with Gasteiger partial charge >= 0.3 is 0 Å². The van der Waals surface area contributed by atoms with Gasteiger partial charge in [0.1, 0.15) is 0 Å². The van der Waals surface area contributed by atoms with Crippen LogP contribution in [0.1, 0.15) is 5.56 Å². The summed E-state index contributed by atoms with van der Waals surface area (Å²) in [6, 6.07) is 10.1. The van der Waals surface area contributed by atoms with Crippen LogP contribution in [0.2, 0.25) is 0 Å². The summed E-state index contributed by atoms with van der Waals surface area (Å²) in [5.41, 5.74) is 6.90. The number of nitrogens with two attached hydrogens (primary N) is 1. The van der Waals surface area contributed by atoms with Gasteiger partial charge in [-0.2, -0.15) is 8.42 Å². The van der Waals surface area contributed by atoms with Crippen LogP contribution in [-0.2, 0) is 20.8 Å². The van der Waals surface area contributed by atoms with E-state index in [0.717, 1.165) is 19.3 Å². The van der Waals surface area contributed by atoms with E-state index in [2.05, 4.69) is 17.0 Å². The molecular weight excluding hydrogens is 264 g/mol. The Morgan fingerprint density at radius 3 is 2.58 bits per heavy atom. The highest BCUT2D eigenvalue weighted by Crippen LogP contribution is 2.22. The van der Waals surface area contributed by atoms with Crippen molar-refractivity contribution in [2.75, 3.05) is 25.9 Å². The first-order valence-corrected chi connectivity index (χ1v) is 8.14. The molecule has 1 heterocycles. The predicted molar refractivity (Wildman–Crippen MR) is 74.0 cm³/mol. The van der Waals surface area contributed by atoms with E-state index in [9.17, 15) is 8.42 Å². The van der Waals surface area contributed by atoms with Crippen LogP contribution in [0.25, 0.3) is 0 Å². The van der Waals surface area contributed by atoms with Crippen LogP contribution < -0.4 is 5.73 Å². The van der Waals surface area contributed by atoms with Gasteiger partial charge < -0.3 is 5.73 Å². The molecule has 0 aromatic heterocycles. The third kappa shape index (κ3) is 4.28. The van der Waals surface area contributed by atoms with Gasteiger partial charge in [-0.1, -0.05) is 30.3 Å². The fourth-order valence-electron chi connectivity index (χ4n) is 2.46. The summed E-state index contributed by atoms with van der Waals surface area (Å²) in [6.45, 7) is 2.60. The lowest BCUT2D eigenvalue weighted by Gasteiger charge is -2.15. The van der Waals surface area contributed by atoms with Gasteiger partial charge in [0.2, 0.25) is 0 Å². The molecule has 6 heteroatoms. The standard InChI is InChI=1S/C13H20N2O3S/c1-19(16,17)18-13-10-15(9-12(13)7-14)8-11-5-3-2-4-6-11/h2-6,12-13H,7-10,14H2,1H3/t12?,13-/m1/s1. The van der Waals surface area contributed by atoms with Crippen molar-refractivity contribution in [3.05, 3.63) is 35.9 Å². The molecule has 106 valence electrons. The van der Waals surface area contributed by atoms with Crippen LogP contribution in [0.15, 0.2) is 30.3 Å². The predicted octanol–water partition coefficient (Wildman–Crippen LogP) is 0.422. The molecule has 0 saturated carbocycles. The second-order valence-corrected chi connectivity index (χ2v) is 6.61. The van der Waals surface area contributed by atoms with Gasteiger partial charge in [0, 0.05) is 25.6 Å². The van der Waals surface area contributed by atoms with Crippen molar-refractivity contribution in [1.29, 1.82) is 0 Å². The lowest BCUT2D eigenvalue weighted by molar-refractivity contribution is 0.178. The minimum Gasteiger partial charge on any atom is -0.330 e. The van der Waals surface area contributed by atoms with Gasteiger partial charge in [0.15, 0.2) is 0 Å². The summed E-state index contributed by atoms with van der Waals surface area (Å²) in [5.74, 6) is 0.0680. The highest BCUT2D eigenvalue weighted by molar-refractivity contribution is 7.86. The molecule has 0 aliphatic carbocycles. The van der Waals surface area contributed by atoms with Gasteiger partial charge in [-0.25, -0.2) is 0 Å². The van der Waals surface area contributed by atoms with E-state index in [0.29, 0.717) is 13.1 Å². The fraction of sp³-hybridized carbons (Fsp3) is 0.538. The first-order chi connectivity index (χ1) is 8.98. The molecule has 1 aromatic rings. The molecule has 0 amide bonds. The molecule has 5 nitrogen and oxygen atoms in total. The fourth-order valence-corrected chi connectivity index (χ4v) is 3.12. The van der Waals surface area contributed by atoms with Crippen LogP contribution in [0.3, 0.4) is 0 Å². The molecule has 1 aromatic carbocycles. The lowest BCUT2D eigenvalue weighted by Crippen LogP contribution is -2.30. The van der Waals surface area contributed by atoms with Crippen molar-refractivity contribution in [2.45, 2.75) is 12.6 Å². The van der Waals surface area contributed by atoms with E-state index in [-0.39, 0.29) is 12.0 Å². The van der Waals surface area contributed by atoms with Crippen molar-refractivity contribution in [2.24, 2.45) is 11.7 Å². The maximum atomic E-state index is 11.2. The zero-order chi connectivity index (χ0) is 13.9. The number of benzene rings is 1. The van der Waals surface area contributed by atoms with Crippen LogP contribution in [0.4, 0.5) is 0 Å². The molecule has 2 atom stereocenters. The number of rotatable bonds is 5. The first-order valence-electron chi connectivity index (χ1n) is 6.32. The maximum absolute atomic E-state index is 11.2. The van der Waals surface area contributed by atoms with E-state index in [1.807, 2.05) is 18.2 Å². The summed E-state index contributed by atoms with van der Waals surface area (Å²) in [6.07, 6.45) is 0.754. The highest BCUT2D eigenvalue weighted by atomic mass is 32.2. The Balaban J connectivity index is 1.99. The number of nitrogens with zero attached hydrogens (tertiary/aromatic N) is 1. The minimum absolute atomic E-state index is 0.0680. The highest BCUT2D eigenvalue weighted by Gasteiger charge is 2.34. The summed E-state index contributed by atoms with van der Waals surface area (Å²) in [4.78, 5) is 2.18. The van der Waals surface area contributed by atoms with E-state index >= 15 is 0 Å². The second kappa shape index (κ2) is 6.00. The molecule has 1 aliphatic heterocycles. The molecule has 2 N–H and O–H groups in total. The Morgan fingerprint density at radius 1 is 1.32 bits per heavy atom. The van der Waals surface area contributed by atoms with Gasteiger partial charge in [-0.3, -0.25) is 9.08 Å². The van der Waals surface area contributed by atoms with Crippen molar-refractivity contribution in [3.63, 3.8) is 0 Å². The largest absolute Gasteiger partial charge is 0.330 e. The average Bonchev–Trinajstić information content (AvgIpc) is 2.70. The van der Waals surface area contributed by atoms with E-state index in [1.54, 1.807) is 0 Å². The van der Waals surface area contributed by atoms with Crippen molar-refractivity contribution >= 4 is 10.1 Å². The molecule has 1 unspecified atom stereocenters. The van der Waals surface area contributed by atoms with Crippen LogP contribution in [0.5, 0.6) is 0 Å². The lowest BCUT2D eigenvalue weighted by atomic mass is 10.1. The van der Waals surface area contributed by atoms with Gasteiger partial charge in [-0.05, 0) is 12.1 Å². The van der Waals surface area contributed by atoms with Crippen molar-refractivity contribution in [1.82, 2.24) is 4.90 Å². The quantitative estimate of drug-likeness (QED) is 0.793. The van der Waals surface area contributed by atoms with E-state index in [4.69, 9.17) is 9.92 Å². The molecule has 2 rings (SSSR count). The van der Waals surface area contributed by atoms with Crippen molar-refractivity contribution in [3.8, 4) is 0 Å². The molecule has 1 saturated heterocycles. The van der Waals surface area contributed by atoms with E-state index in [1.165, 1.54) is 5.56 Å². The first kappa shape index (κ1) is 14.5. The third-order valence-electron chi connectivity index (χ3n) is 3.31. The molecule has 0 spiro atoms. The van der Waals surface area contributed by atoms with Gasteiger partial charge in [0.25, 0.3) is 10.1 Å². The summed E-state index contributed by atoms with van der Waals surface area (Å²) < 4.78 is 27.6. The van der Waals surface area contributed by atoms with Crippen molar-refractivity contribution < 1.29 is 12.6 Å². The molecule has 0 radical (unpaired) electrons. The average molecular weight is 284 g/mol. The molecule has 1 fully saturated rings. The number of hydrogen-bond acceptors (Lipinski definition) is 5. The second-order valence-electron chi connectivity index (χ2n) is 5.01. The zero-order valence-corrected chi connectivity index (χ0v) is 11.8. The van der Waals surface area contributed by atoms with Crippen LogP contribution in [-0.4, -0.2) is 45.3 Å². The number of likely N-dealkylation sites (tertiary alicyclic amines) is 1. The topological polar surface area (TPSA) is 72.6 Å². The molecular formula is C13H20N2O3S. The Hall–Kier alpha value is -0.950. The van der Waals surface area contributed by atoms with Gasteiger partial charge in [0.05, 0.1) is 12.4 Å². The summed E-state index contributed by atoms with van der Waals surface area (Å²) in [7, 11) is -3.43. The van der Waals surface area contributed by atoms with E-state index < -0.39 is 10.1 Å².